The highest BCUT2D eigenvalue weighted by molar-refractivity contribution is 7.17. The Morgan fingerprint density at radius 2 is 1.70 bits per heavy atom. The Bertz CT molecular complexity index is 911. The summed E-state index contributed by atoms with van der Waals surface area (Å²) in [6.45, 7) is 6.43. The van der Waals surface area contributed by atoms with Gasteiger partial charge in [-0.15, -0.1) is 11.3 Å². The van der Waals surface area contributed by atoms with Gasteiger partial charge in [0.05, 0.1) is 12.2 Å². The van der Waals surface area contributed by atoms with Gasteiger partial charge in [0.25, 0.3) is 0 Å². The summed E-state index contributed by atoms with van der Waals surface area (Å²) in [6, 6.07) is 8.18. The van der Waals surface area contributed by atoms with E-state index in [4.69, 9.17) is 5.11 Å². The topological polar surface area (TPSA) is 72.9 Å². The third-order valence-electron chi connectivity index (χ3n) is 6.12. The SMILES string of the molecule is O=C1CC(c2csc3ccccc23)CC(=O)C1=CNCCN1CCN(CCO)CC1. The second-order valence-electron chi connectivity index (χ2n) is 8.06. The van der Waals surface area contributed by atoms with Crippen LogP contribution in [-0.4, -0.2) is 78.9 Å². The number of nitrogens with one attached hydrogen (secondary N) is 1. The summed E-state index contributed by atoms with van der Waals surface area (Å²) >= 11 is 1.67. The predicted molar refractivity (Wildman–Crippen MR) is 120 cm³/mol. The van der Waals surface area contributed by atoms with E-state index in [2.05, 4.69) is 32.6 Å². The Morgan fingerprint density at radius 1 is 1.03 bits per heavy atom. The van der Waals surface area contributed by atoms with E-state index >= 15 is 0 Å². The van der Waals surface area contributed by atoms with E-state index in [1.165, 1.54) is 4.70 Å². The normalized spacial score (nSPS) is 21.4. The van der Waals surface area contributed by atoms with Crippen molar-refractivity contribution < 1.29 is 14.7 Å². The summed E-state index contributed by atoms with van der Waals surface area (Å²) in [5, 5.41) is 15.5. The molecule has 1 aromatic carbocycles. The first-order chi connectivity index (χ1) is 14.7. The first kappa shape index (κ1) is 21.2. The number of carbonyl (C=O) groups is 2. The van der Waals surface area contributed by atoms with Gasteiger partial charge in [-0.05, 0) is 28.3 Å². The van der Waals surface area contributed by atoms with E-state index in [1.807, 2.05) is 12.1 Å². The van der Waals surface area contributed by atoms with Gasteiger partial charge in [-0.2, -0.15) is 0 Å². The van der Waals surface area contributed by atoms with Crippen LogP contribution in [0.3, 0.4) is 0 Å². The zero-order valence-corrected chi connectivity index (χ0v) is 18.0. The standard InChI is InChI=1S/C23H29N3O3S/c27-12-11-26-9-7-25(8-10-26)6-5-24-15-19-21(28)13-17(14-22(19)29)20-16-30-23-4-2-1-3-18(20)23/h1-4,15-17,24,27H,5-14H2. The molecule has 0 bridgehead atoms. The molecule has 0 atom stereocenters. The van der Waals surface area contributed by atoms with Gasteiger partial charge >= 0.3 is 0 Å². The fourth-order valence-corrected chi connectivity index (χ4v) is 5.41. The molecule has 6 nitrogen and oxygen atoms in total. The van der Waals surface area contributed by atoms with Crippen LogP contribution in [0.2, 0.25) is 0 Å². The number of hydrogen-bond donors (Lipinski definition) is 2. The second-order valence-corrected chi connectivity index (χ2v) is 8.97. The van der Waals surface area contributed by atoms with Crippen LogP contribution >= 0.6 is 11.3 Å². The number of β-amino-alcohol motifs (C(OH)–C–C–N with tert-alkyl or cyclic N) is 1. The highest BCUT2D eigenvalue weighted by Crippen LogP contribution is 2.38. The summed E-state index contributed by atoms with van der Waals surface area (Å²) in [4.78, 5) is 30.0. The lowest BCUT2D eigenvalue weighted by molar-refractivity contribution is -0.124. The Balaban J connectivity index is 1.28. The fraction of sp³-hybridized carbons (Fsp3) is 0.478. The average molecular weight is 428 g/mol. The van der Waals surface area contributed by atoms with E-state index in [1.54, 1.807) is 17.5 Å². The highest BCUT2D eigenvalue weighted by atomic mass is 32.1. The molecule has 4 rings (SSSR count). The van der Waals surface area contributed by atoms with E-state index in [9.17, 15) is 9.59 Å². The van der Waals surface area contributed by atoms with Crippen molar-refractivity contribution in [3.05, 3.63) is 47.0 Å². The van der Waals surface area contributed by atoms with E-state index in [0.29, 0.717) is 25.0 Å². The maximum absolute atomic E-state index is 12.7. The number of aliphatic hydroxyl groups excluding tert-OH is 1. The molecule has 2 fully saturated rings. The lowest BCUT2D eigenvalue weighted by Crippen LogP contribution is -2.48. The molecule has 1 saturated heterocycles. The van der Waals surface area contributed by atoms with Crippen LogP contribution in [0.25, 0.3) is 10.1 Å². The molecule has 2 aromatic rings. The highest BCUT2D eigenvalue weighted by Gasteiger charge is 2.32. The van der Waals surface area contributed by atoms with Crippen molar-refractivity contribution in [1.82, 2.24) is 15.1 Å². The second kappa shape index (κ2) is 9.83. The van der Waals surface area contributed by atoms with Crippen LogP contribution in [0.1, 0.15) is 24.3 Å². The summed E-state index contributed by atoms with van der Waals surface area (Å²) in [6.07, 6.45) is 2.42. The van der Waals surface area contributed by atoms with E-state index in [0.717, 1.165) is 50.2 Å². The molecule has 160 valence electrons. The van der Waals surface area contributed by atoms with Crippen LogP contribution in [0.5, 0.6) is 0 Å². The zero-order valence-electron chi connectivity index (χ0n) is 17.2. The number of benzene rings is 1. The Labute approximate surface area is 181 Å². The van der Waals surface area contributed by atoms with Crippen molar-refractivity contribution in [3.8, 4) is 0 Å². The van der Waals surface area contributed by atoms with Gasteiger partial charge in [-0.25, -0.2) is 0 Å². The molecule has 2 N–H and O–H groups in total. The third-order valence-corrected chi connectivity index (χ3v) is 7.10. The molecule has 2 aliphatic rings. The molecule has 7 heteroatoms. The molecule has 2 heterocycles. The summed E-state index contributed by atoms with van der Waals surface area (Å²) in [5.74, 6) is -0.137. The number of Topliss-reactive ketones (excluding diaryl/α,β-unsaturated/α-hetero) is 2. The van der Waals surface area contributed by atoms with Gasteiger partial charge in [0, 0.05) is 69.6 Å². The molecule has 0 radical (unpaired) electrons. The van der Waals surface area contributed by atoms with Crippen LogP contribution < -0.4 is 5.32 Å². The minimum absolute atomic E-state index is 0.0199. The number of nitrogens with zero attached hydrogens (tertiary/aromatic N) is 2. The monoisotopic (exact) mass is 427 g/mol. The van der Waals surface area contributed by atoms with Gasteiger partial charge in [-0.1, -0.05) is 18.2 Å². The van der Waals surface area contributed by atoms with Crippen LogP contribution in [0, 0.1) is 0 Å². The quantitative estimate of drug-likeness (QED) is 0.400. The van der Waals surface area contributed by atoms with Crippen molar-refractivity contribution in [1.29, 1.82) is 0 Å². The smallest absolute Gasteiger partial charge is 0.168 e. The number of carbonyl (C=O) groups excluding carboxylic acids is 2. The van der Waals surface area contributed by atoms with Crippen LogP contribution in [0.15, 0.2) is 41.4 Å². The average Bonchev–Trinajstić information content (AvgIpc) is 3.18. The van der Waals surface area contributed by atoms with Gasteiger partial charge in [0.1, 0.15) is 0 Å². The van der Waals surface area contributed by atoms with E-state index in [-0.39, 0.29) is 24.1 Å². The van der Waals surface area contributed by atoms with Crippen molar-refractivity contribution in [2.24, 2.45) is 0 Å². The number of allylic oxidation sites excluding steroid dienone is 1. The number of piperazine rings is 1. The summed E-state index contributed by atoms with van der Waals surface area (Å²) < 4.78 is 1.20. The van der Waals surface area contributed by atoms with Crippen LogP contribution in [0.4, 0.5) is 0 Å². The van der Waals surface area contributed by atoms with Crippen LogP contribution in [-0.2, 0) is 9.59 Å². The minimum atomic E-state index is -0.0587. The Hall–Kier alpha value is -2.06. The zero-order chi connectivity index (χ0) is 20.9. The Kier molecular flexibility index (Phi) is 6.94. The minimum Gasteiger partial charge on any atom is -0.395 e. The molecule has 1 aliphatic carbocycles. The molecule has 1 aromatic heterocycles. The van der Waals surface area contributed by atoms with Crippen molar-refractivity contribution in [2.75, 3.05) is 52.4 Å². The third kappa shape index (κ3) is 4.81. The predicted octanol–water partition coefficient (Wildman–Crippen LogP) is 2.00. The number of hydrogen-bond acceptors (Lipinski definition) is 7. The first-order valence-corrected chi connectivity index (χ1v) is 11.6. The summed E-state index contributed by atoms with van der Waals surface area (Å²) in [7, 11) is 0. The number of rotatable bonds is 7. The van der Waals surface area contributed by atoms with Gasteiger partial charge in [0.15, 0.2) is 11.6 Å². The largest absolute Gasteiger partial charge is 0.395 e. The molecule has 0 unspecified atom stereocenters. The molecule has 1 aliphatic heterocycles. The van der Waals surface area contributed by atoms with E-state index < -0.39 is 0 Å². The number of ketones is 2. The molecule has 1 saturated carbocycles. The number of fused-ring (bicyclic) bond motifs is 1. The van der Waals surface area contributed by atoms with Gasteiger partial charge in [-0.3, -0.25) is 19.4 Å². The lowest BCUT2D eigenvalue weighted by atomic mass is 9.80. The first-order valence-electron chi connectivity index (χ1n) is 10.7. The van der Waals surface area contributed by atoms with Crippen molar-refractivity contribution in [3.63, 3.8) is 0 Å². The van der Waals surface area contributed by atoms with Gasteiger partial charge < -0.3 is 10.4 Å². The van der Waals surface area contributed by atoms with Gasteiger partial charge in [0.2, 0.25) is 0 Å². The molecule has 30 heavy (non-hydrogen) atoms. The van der Waals surface area contributed by atoms with Crippen molar-refractivity contribution in [2.45, 2.75) is 18.8 Å². The molecular formula is C23H29N3O3S. The maximum Gasteiger partial charge on any atom is 0.168 e. The molecular weight excluding hydrogens is 398 g/mol. The summed E-state index contributed by atoms with van der Waals surface area (Å²) in [5.41, 5.74) is 1.45. The van der Waals surface area contributed by atoms with Crippen molar-refractivity contribution >= 4 is 33.0 Å². The Morgan fingerprint density at radius 3 is 2.40 bits per heavy atom. The lowest BCUT2D eigenvalue weighted by Gasteiger charge is -2.34. The molecule has 0 spiro atoms. The number of thiophene rings is 1. The fourth-order valence-electron chi connectivity index (χ4n) is 4.37. The maximum atomic E-state index is 12.7. The number of aliphatic hydroxyl groups is 1. The molecule has 0 amide bonds.